The van der Waals surface area contributed by atoms with Crippen molar-refractivity contribution >= 4 is 23.5 Å². The molecule has 5 N–H and O–H groups in total. The molecule has 2 aromatic rings. The molecule has 0 bridgehead atoms. The lowest BCUT2D eigenvalue weighted by Gasteiger charge is -2.18. The van der Waals surface area contributed by atoms with E-state index in [1.807, 2.05) is 52.0 Å². The van der Waals surface area contributed by atoms with Crippen molar-refractivity contribution in [3.8, 4) is 0 Å². The molecule has 8 heteroatoms. The number of rotatable bonds is 8. The molecule has 1 atom stereocenters. The van der Waals surface area contributed by atoms with Crippen LogP contribution in [0.15, 0.2) is 24.3 Å². The Labute approximate surface area is 154 Å². The number of likely N-dealkylation sites (N-methyl/N-ethyl adjacent to an activating group) is 1. The molecule has 26 heavy (non-hydrogen) atoms. The summed E-state index contributed by atoms with van der Waals surface area (Å²) in [4.78, 5) is 25.9. The van der Waals surface area contributed by atoms with Gasteiger partial charge in [-0.2, -0.15) is 15.0 Å². The van der Waals surface area contributed by atoms with Crippen molar-refractivity contribution < 1.29 is 9.69 Å². The zero-order valence-corrected chi connectivity index (χ0v) is 15.8. The summed E-state index contributed by atoms with van der Waals surface area (Å²) < 4.78 is 0. The third kappa shape index (κ3) is 5.96. The lowest BCUT2D eigenvalue weighted by molar-refractivity contribution is -0.904. The summed E-state index contributed by atoms with van der Waals surface area (Å²) in [5.41, 5.74) is 7.84. The van der Waals surface area contributed by atoms with Crippen molar-refractivity contribution in [1.82, 2.24) is 20.3 Å². The highest BCUT2D eigenvalue weighted by Crippen LogP contribution is 2.17. The van der Waals surface area contributed by atoms with E-state index in [1.165, 1.54) is 0 Å². The number of nitrogens with zero attached hydrogens (tertiary/aromatic N) is 3. The molecule has 0 aliphatic rings. The van der Waals surface area contributed by atoms with Gasteiger partial charge in [0, 0.05) is 11.7 Å². The van der Waals surface area contributed by atoms with Gasteiger partial charge in [-0.05, 0) is 39.3 Å². The highest BCUT2D eigenvalue weighted by molar-refractivity contribution is 5.77. The summed E-state index contributed by atoms with van der Waals surface area (Å²) in [6.07, 6.45) is 0. The van der Waals surface area contributed by atoms with Crippen molar-refractivity contribution in [2.75, 3.05) is 24.1 Å². The number of benzene rings is 1. The minimum Gasteiger partial charge on any atom is -0.368 e. The molecular formula is C18H28N7O+. The zero-order valence-electron chi connectivity index (χ0n) is 15.8. The van der Waals surface area contributed by atoms with Crippen molar-refractivity contribution in [2.45, 2.75) is 40.3 Å². The van der Waals surface area contributed by atoms with E-state index < -0.39 is 0 Å². The topological polar surface area (TPSA) is 110 Å². The lowest BCUT2D eigenvalue weighted by Crippen LogP contribution is -3.11. The molecule has 1 heterocycles. The number of hydrogen-bond acceptors (Lipinski definition) is 6. The predicted octanol–water partition coefficient (Wildman–Crippen LogP) is 0.435. The van der Waals surface area contributed by atoms with E-state index in [0.717, 1.165) is 22.7 Å². The largest absolute Gasteiger partial charge is 0.368 e. The SMILES string of the molecule is CC[NH+](CC(=O)NC(C)C)Cc1nc(N)nc(Nc2ccccc2C)n1. The molecule has 1 aromatic carbocycles. The fourth-order valence-corrected chi connectivity index (χ4v) is 2.54. The first-order chi connectivity index (χ1) is 12.4. The number of aryl methyl sites for hydroxylation is 1. The number of aromatic nitrogens is 3. The van der Waals surface area contributed by atoms with Crippen LogP contribution in [0.4, 0.5) is 17.6 Å². The molecule has 8 nitrogen and oxygen atoms in total. The number of hydrogen-bond donors (Lipinski definition) is 4. The molecule has 0 aliphatic heterocycles. The van der Waals surface area contributed by atoms with Gasteiger partial charge in [0.1, 0.15) is 6.54 Å². The van der Waals surface area contributed by atoms with Crippen molar-refractivity contribution in [3.05, 3.63) is 35.7 Å². The number of carbonyl (C=O) groups is 1. The summed E-state index contributed by atoms with van der Waals surface area (Å²) in [6, 6.07) is 7.99. The van der Waals surface area contributed by atoms with Gasteiger partial charge >= 0.3 is 0 Å². The van der Waals surface area contributed by atoms with E-state index in [4.69, 9.17) is 5.73 Å². The Bertz CT molecular complexity index is 748. The Morgan fingerprint density at radius 2 is 1.96 bits per heavy atom. The lowest BCUT2D eigenvalue weighted by atomic mass is 10.2. The highest BCUT2D eigenvalue weighted by atomic mass is 16.2. The van der Waals surface area contributed by atoms with Crippen LogP contribution in [0.3, 0.4) is 0 Å². The molecule has 0 saturated heterocycles. The first-order valence-corrected chi connectivity index (χ1v) is 8.83. The Balaban J connectivity index is 2.10. The van der Waals surface area contributed by atoms with E-state index in [0.29, 0.717) is 24.9 Å². The fourth-order valence-electron chi connectivity index (χ4n) is 2.54. The number of amides is 1. The normalized spacial score (nSPS) is 12.0. The van der Waals surface area contributed by atoms with Gasteiger partial charge in [0.05, 0.1) is 6.54 Å². The third-order valence-corrected chi connectivity index (χ3v) is 3.86. The summed E-state index contributed by atoms with van der Waals surface area (Å²) in [5.74, 6) is 1.14. The second-order valence-electron chi connectivity index (χ2n) is 6.55. The molecular weight excluding hydrogens is 330 g/mol. The standard InChI is InChI=1S/C18H27N7O/c1-5-25(11-16(26)20-12(2)3)10-15-22-17(19)24-18(23-15)21-14-9-7-6-8-13(14)4/h6-9,12H,5,10-11H2,1-4H3,(H,20,26)(H3,19,21,22,23,24)/p+1. The zero-order chi connectivity index (χ0) is 19.1. The van der Waals surface area contributed by atoms with E-state index in [1.54, 1.807) is 0 Å². The fraction of sp³-hybridized carbons (Fsp3) is 0.444. The summed E-state index contributed by atoms with van der Waals surface area (Å²) in [7, 11) is 0. The van der Waals surface area contributed by atoms with Crippen molar-refractivity contribution in [2.24, 2.45) is 0 Å². The van der Waals surface area contributed by atoms with Crippen LogP contribution in [-0.2, 0) is 11.3 Å². The molecule has 1 unspecified atom stereocenters. The number of nitrogens with two attached hydrogens (primary N) is 1. The van der Waals surface area contributed by atoms with Gasteiger partial charge in [-0.15, -0.1) is 0 Å². The van der Waals surface area contributed by atoms with Gasteiger partial charge in [-0.25, -0.2) is 0 Å². The second kappa shape index (κ2) is 9.10. The highest BCUT2D eigenvalue weighted by Gasteiger charge is 2.16. The smallest absolute Gasteiger partial charge is 0.275 e. The van der Waals surface area contributed by atoms with Crippen LogP contribution in [0.2, 0.25) is 0 Å². The maximum absolute atomic E-state index is 12.0. The van der Waals surface area contributed by atoms with Crippen LogP contribution in [0.1, 0.15) is 32.2 Å². The molecule has 0 saturated carbocycles. The van der Waals surface area contributed by atoms with E-state index in [-0.39, 0.29) is 17.9 Å². The quantitative estimate of drug-likeness (QED) is 0.545. The van der Waals surface area contributed by atoms with Crippen LogP contribution in [-0.4, -0.2) is 40.0 Å². The Morgan fingerprint density at radius 3 is 2.62 bits per heavy atom. The molecule has 140 valence electrons. The van der Waals surface area contributed by atoms with E-state index in [9.17, 15) is 4.79 Å². The Morgan fingerprint density at radius 1 is 1.23 bits per heavy atom. The number of nitrogen functional groups attached to an aromatic ring is 1. The average molecular weight is 358 g/mol. The number of nitrogens with one attached hydrogen (secondary N) is 3. The summed E-state index contributed by atoms with van der Waals surface area (Å²) in [6.45, 7) is 9.55. The monoisotopic (exact) mass is 358 g/mol. The van der Waals surface area contributed by atoms with Crippen LogP contribution in [0, 0.1) is 6.92 Å². The van der Waals surface area contributed by atoms with Crippen LogP contribution in [0.25, 0.3) is 0 Å². The Hall–Kier alpha value is -2.74. The maximum atomic E-state index is 12.0. The Kier molecular flexibility index (Phi) is 6.85. The number of para-hydroxylation sites is 1. The second-order valence-corrected chi connectivity index (χ2v) is 6.55. The average Bonchev–Trinajstić information content (AvgIpc) is 2.55. The number of quaternary nitrogens is 1. The minimum atomic E-state index is 0.0112. The van der Waals surface area contributed by atoms with Crippen LogP contribution in [0.5, 0.6) is 0 Å². The van der Waals surface area contributed by atoms with Gasteiger partial charge in [0.2, 0.25) is 11.9 Å². The first-order valence-electron chi connectivity index (χ1n) is 8.83. The van der Waals surface area contributed by atoms with Gasteiger partial charge < -0.3 is 21.3 Å². The van der Waals surface area contributed by atoms with Crippen LogP contribution >= 0.6 is 0 Å². The van der Waals surface area contributed by atoms with E-state index >= 15 is 0 Å². The summed E-state index contributed by atoms with van der Waals surface area (Å²) in [5, 5.41) is 6.09. The van der Waals surface area contributed by atoms with Gasteiger partial charge in [-0.3, -0.25) is 4.79 Å². The predicted molar refractivity (Wildman–Crippen MR) is 102 cm³/mol. The number of anilines is 3. The molecule has 1 amide bonds. The van der Waals surface area contributed by atoms with Gasteiger partial charge in [-0.1, -0.05) is 18.2 Å². The van der Waals surface area contributed by atoms with Gasteiger partial charge in [0.15, 0.2) is 12.4 Å². The summed E-state index contributed by atoms with van der Waals surface area (Å²) >= 11 is 0. The molecule has 0 spiro atoms. The minimum absolute atomic E-state index is 0.0112. The first kappa shape index (κ1) is 19.6. The third-order valence-electron chi connectivity index (χ3n) is 3.86. The molecule has 0 radical (unpaired) electrons. The van der Waals surface area contributed by atoms with E-state index in [2.05, 4.69) is 25.6 Å². The number of carbonyl (C=O) groups excluding carboxylic acids is 1. The van der Waals surface area contributed by atoms with Crippen molar-refractivity contribution in [1.29, 1.82) is 0 Å². The maximum Gasteiger partial charge on any atom is 0.275 e. The molecule has 1 aromatic heterocycles. The molecule has 0 fully saturated rings. The molecule has 0 aliphatic carbocycles. The van der Waals surface area contributed by atoms with Crippen molar-refractivity contribution in [3.63, 3.8) is 0 Å². The van der Waals surface area contributed by atoms with Gasteiger partial charge in [0.25, 0.3) is 5.91 Å². The molecule has 2 rings (SSSR count). The van der Waals surface area contributed by atoms with Crippen LogP contribution < -0.4 is 21.3 Å².